The summed E-state index contributed by atoms with van der Waals surface area (Å²) in [5, 5.41) is 20.8. The molecule has 0 bridgehead atoms. The van der Waals surface area contributed by atoms with Crippen LogP contribution in [0.4, 0.5) is 5.69 Å². The van der Waals surface area contributed by atoms with Crippen LogP contribution in [0.1, 0.15) is 13.0 Å². The number of nitrogens with zero attached hydrogens (tertiary/aromatic N) is 5. The smallest absolute Gasteiger partial charge is 0.330 e. The molecule has 0 aliphatic carbocycles. The van der Waals surface area contributed by atoms with Crippen LogP contribution in [-0.2, 0) is 9.53 Å². The first kappa shape index (κ1) is 14.5. The zero-order valence-electron chi connectivity index (χ0n) is 12.2. The Balaban J connectivity index is 1.76. The molecule has 0 saturated carbocycles. The Labute approximate surface area is 127 Å². The summed E-state index contributed by atoms with van der Waals surface area (Å²) >= 11 is 0. The van der Waals surface area contributed by atoms with Gasteiger partial charge in [0.25, 0.3) is 0 Å². The maximum Gasteiger partial charge on any atom is 0.330 e. The lowest BCUT2D eigenvalue weighted by Crippen LogP contribution is -2.36. The number of ether oxygens (including phenoxy) is 1. The molecule has 1 aliphatic rings. The number of benzene rings is 1. The van der Waals surface area contributed by atoms with E-state index in [4.69, 9.17) is 9.84 Å². The van der Waals surface area contributed by atoms with Crippen molar-refractivity contribution in [3.05, 3.63) is 24.3 Å². The summed E-state index contributed by atoms with van der Waals surface area (Å²) in [6.45, 7) is 4.75. The number of anilines is 1. The summed E-state index contributed by atoms with van der Waals surface area (Å²) in [6.07, 6.45) is 0. The first-order valence-corrected chi connectivity index (χ1v) is 7.10. The molecule has 116 valence electrons. The van der Waals surface area contributed by atoms with Gasteiger partial charge in [-0.25, -0.2) is 4.79 Å². The molecule has 1 saturated heterocycles. The number of aromatic nitrogens is 4. The minimum absolute atomic E-state index is 0.418. The van der Waals surface area contributed by atoms with Gasteiger partial charge in [-0.1, -0.05) is 0 Å². The van der Waals surface area contributed by atoms with Crippen LogP contribution in [0.25, 0.3) is 11.4 Å². The third-order valence-electron chi connectivity index (χ3n) is 3.63. The molecule has 1 N–H and O–H groups in total. The number of carbonyl (C=O) groups is 1. The van der Waals surface area contributed by atoms with Gasteiger partial charge in [0.05, 0.1) is 13.2 Å². The van der Waals surface area contributed by atoms with E-state index < -0.39 is 12.0 Å². The van der Waals surface area contributed by atoms with Gasteiger partial charge in [-0.05, 0) is 36.4 Å². The van der Waals surface area contributed by atoms with Crippen molar-refractivity contribution in [2.45, 2.75) is 13.0 Å². The third kappa shape index (κ3) is 2.91. The molecule has 8 heteroatoms. The van der Waals surface area contributed by atoms with Gasteiger partial charge in [0.15, 0.2) is 6.04 Å². The number of rotatable bonds is 4. The Morgan fingerprint density at radius 1 is 1.27 bits per heavy atom. The molecule has 1 atom stereocenters. The zero-order chi connectivity index (χ0) is 15.5. The van der Waals surface area contributed by atoms with E-state index in [-0.39, 0.29) is 0 Å². The molecule has 0 radical (unpaired) electrons. The summed E-state index contributed by atoms with van der Waals surface area (Å²) in [6, 6.07) is 6.99. The molecule has 1 aliphatic heterocycles. The van der Waals surface area contributed by atoms with Gasteiger partial charge in [-0.3, -0.25) is 0 Å². The van der Waals surface area contributed by atoms with Crippen LogP contribution >= 0.6 is 0 Å². The van der Waals surface area contributed by atoms with Crippen LogP contribution in [0.3, 0.4) is 0 Å². The van der Waals surface area contributed by atoms with E-state index in [1.54, 1.807) is 0 Å². The minimum Gasteiger partial charge on any atom is -0.480 e. The van der Waals surface area contributed by atoms with Crippen molar-refractivity contribution in [1.82, 2.24) is 20.2 Å². The molecule has 2 heterocycles. The molecule has 8 nitrogen and oxygen atoms in total. The fourth-order valence-corrected chi connectivity index (χ4v) is 2.25. The van der Waals surface area contributed by atoms with Gasteiger partial charge < -0.3 is 14.7 Å². The van der Waals surface area contributed by atoms with Crippen molar-refractivity contribution in [1.29, 1.82) is 0 Å². The molecule has 3 rings (SSSR count). The van der Waals surface area contributed by atoms with E-state index in [0.29, 0.717) is 5.82 Å². The summed E-state index contributed by atoms with van der Waals surface area (Å²) < 4.78 is 5.34. The molecule has 1 aromatic carbocycles. The SMILES string of the molecule is CC(C(=O)O)n1nnc(-c2ccc(N3CCOCC3)cc2)n1. The number of hydrogen-bond acceptors (Lipinski definition) is 6. The monoisotopic (exact) mass is 303 g/mol. The van der Waals surface area contributed by atoms with Gasteiger partial charge in [0, 0.05) is 24.3 Å². The van der Waals surface area contributed by atoms with E-state index in [1.165, 1.54) is 6.92 Å². The Kier molecular flexibility index (Phi) is 4.01. The van der Waals surface area contributed by atoms with Crippen molar-refractivity contribution < 1.29 is 14.6 Å². The number of hydrogen-bond donors (Lipinski definition) is 1. The van der Waals surface area contributed by atoms with E-state index in [2.05, 4.69) is 20.3 Å². The summed E-state index contributed by atoms with van der Waals surface area (Å²) in [5.74, 6) is -0.576. The zero-order valence-corrected chi connectivity index (χ0v) is 12.2. The molecule has 1 fully saturated rings. The summed E-state index contributed by atoms with van der Waals surface area (Å²) in [5.41, 5.74) is 1.93. The van der Waals surface area contributed by atoms with Gasteiger partial charge in [0.1, 0.15) is 0 Å². The number of tetrazole rings is 1. The van der Waals surface area contributed by atoms with Crippen molar-refractivity contribution in [3.8, 4) is 11.4 Å². The number of aliphatic carboxylic acids is 1. The van der Waals surface area contributed by atoms with Crippen LogP contribution in [-0.4, -0.2) is 57.6 Å². The summed E-state index contributed by atoms with van der Waals surface area (Å²) in [4.78, 5) is 14.3. The fraction of sp³-hybridized carbons (Fsp3) is 0.429. The Hall–Kier alpha value is -2.48. The predicted octanol–water partition coefficient (Wildman–Crippen LogP) is 0.822. The highest BCUT2D eigenvalue weighted by atomic mass is 16.5. The average molecular weight is 303 g/mol. The second-order valence-corrected chi connectivity index (χ2v) is 5.09. The van der Waals surface area contributed by atoms with Crippen LogP contribution < -0.4 is 4.90 Å². The normalized spacial score (nSPS) is 16.5. The second kappa shape index (κ2) is 6.10. The molecular weight excluding hydrogens is 286 g/mol. The van der Waals surface area contributed by atoms with E-state index in [9.17, 15) is 4.79 Å². The highest BCUT2D eigenvalue weighted by molar-refractivity contribution is 5.71. The largest absolute Gasteiger partial charge is 0.480 e. The van der Waals surface area contributed by atoms with Crippen LogP contribution in [0.5, 0.6) is 0 Å². The minimum atomic E-state index is -0.994. The second-order valence-electron chi connectivity index (χ2n) is 5.09. The molecule has 1 aromatic heterocycles. The average Bonchev–Trinajstić information content (AvgIpc) is 3.05. The standard InChI is InChI=1S/C14H17N5O3/c1-10(14(20)21)19-16-13(15-17-19)11-2-4-12(5-3-11)18-6-8-22-9-7-18/h2-5,10H,6-9H2,1H3,(H,20,21). The van der Waals surface area contributed by atoms with Gasteiger partial charge in [0.2, 0.25) is 5.82 Å². The number of carboxylic acids is 1. The molecular formula is C14H17N5O3. The van der Waals surface area contributed by atoms with Crippen molar-refractivity contribution >= 4 is 11.7 Å². The first-order valence-electron chi connectivity index (χ1n) is 7.10. The first-order chi connectivity index (χ1) is 10.6. The Morgan fingerprint density at radius 2 is 1.95 bits per heavy atom. The van der Waals surface area contributed by atoms with Gasteiger partial charge >= 0.3 is 5.97 Å². The fourth-order valence-electron chi connectivity index (χ4n) is 2.25. The molecule has 1 unspecified atom stereocenters. The lowest BCUT2D eigenvalue weighted by molar-refractivity contribution is -0.141. The molecule has 2 aromatic rings. The van der Waals surface area contributed by atoms with Crippen molar-refractivity contribution in [2.75, 3.05) is 31.2 Å². The van der Waals surface area contributed by atoms with Gasteiger partial charge in [-0.2, -0.15) is 0 Å². The lowest BCUT2D eigenvalue weighted by Gasteiger charge is -2.28. The molecule has 0 spiro atoms. The maximum absolute atomic E-state index is 10.9. The van der Waals surface area contributed by atoms with Crippen LogP contribution in [0.2, 0.25) is 0 Å². The van der Waals surface area contributed by atoms with Crippen LogP contribution in [0.15, 0.2) is 24.3 Å². The van der Waals surface area contributed by atoms with Gasteiger partial charge in [-0.15, -0.1) is 15.0 Å². The van der Waals surface area contributed by atoms with Crippen molar-refractivity contribution in [3.63, 3.8) is 0 Å². The third-order valence-corrected chi connectivity index (χ3v) is 3.63. The number of carboxylic acid groups (broad SMARTS) is 1. The van der Waals surface area contributed by atoms with E-state index in [1.807, 2.05) is 24.3 Å². The topological polar surface area (TPSA) is 93.4 Å². The molecule has 0 amide bonds. The number of morpholine rings is 1. The molecule has 22 heavy (non-hydrogen) atoms. The van der Waals surface area contributed by atoms with E-state index in [0.717, 1.165) is 42.4 Å². The van der Waals surface area contributed by atoms with Crippen molar-refractivity contribution in [2.24, 2.45) is 0 Å². The van der Waals surface area contributed by atoms with E-state index >= 15 is 0 Å². The lowest BCUT2D eigenvalue weighted by atomic mass is 10.2. The predicted molar refractivity (Wildman–Crippen MR) is 78.6 cm³/mol. The maximum atomic E-state index is 10.9. The highest BCUT2D eigenvalue weighted by Gasteiger charge is 2.17. The summed E-state index contributed by atoms with van der Waals surface area (Å²) in [7, 11) is 0. The Bertz CT molecular complexity index is 649. The highest BCUT2D eigenvalue weighted by Crippen LogP contribution is 2.21. The van der Waals surface area contributed by atoms with Crippen LogP contribution in [0, 0.1) is 0 Å². The quantitative estimate of drug-likeness (QED) is 0.893. The Morgan fingerprint density at radius 3 is 2.59 bits per heavy atom.